The number of benzene rings is 1. The standard InChI is InChI=1S/C17H16O4S2/c18-17(21-13-7-8-23(19,20)10-13)15-9-12-6-5-11-3-1-2-4-14(11)16(12)22-15/h1-4,9,13H,5-8,10H2/t13-/m1/s1. The van der Waals surface area contributed by atoms with Crippen molar-refractivity contribution in [3.63, 3.8) is 0 Å². The summed E-state index contributed by atoms with van der Waals surface area (Å²) in [6.45, 7) is 0. The molecule has 1 aliphatic heterocycles. The van der Waals surface area contributed by atoms with Gasteiger partial charge in [0.1, 0.15) is 11.0 Å². The topological polar surface area (TPSA) is 60.4 Å². The molecule has 0 unspecified atom stereocenters. The first-order valence-electron chi connectivity index (χ1n) is 7.64. The molecular weight excluding hydrogens is 332 g/mol. The van der Waals surface area contributed by atoms with Gasteiger partial charge in [0.05, 0.1) is 11.5 Å². The van der Waals surface area contributed by atoms with Crippen LogP contribution in [-0.2, 0) is 27.4 Å². The highest BCUT2D eigenvalue weighted by atomic mass is 32.2. The predicted molar refractivity (Wildman–Crippen MR) is 89.6 cm³/mol. The maximum Gasteiger partial charge on any atom is 0.348 e. The summed E-state index contributed by atoms with van der Waals surface area (Å²) in [6.07, 6.45) is 1.81. The van der Waals surface area contributed by atoms with Crippen LogP contribution in [0.4, 0.5) is 0 Å². The Balaban J connectivity index is 1.58. The van der Waals surface area contributed by atoms with Crippen LogP contribution in [0.3, 0.4) is 0 Å². The average Bonchev–Trinajstić information content (AvgIpc) is 3.10. The minimum absolute atomic E-state index is 0.0489. The van der Waals surface area contributed by atoms with E-state index >= 15 is 0 Å². The molecule has 23 heavy (non-hydrogen) atoms. The van der Waals surface area contributed by atoms with E-state index in [4.69, 9.17) is 4.74 Å². The monoisotopic (exact) mass is 348 g/mol. The van der Waals surface area contributed by atoms with E-state index in [0.717, 1.165) is 17.7 Å². The number of esters is 1. The highest BCUT2D eigenvalue weighted by Gasteiger charge is 2.31. The van der Waals surface area contributed by atoms with E-state index in [9.17, 15) is 13.2 Å². The van der Waals surface area contributed by atoms with Crippen LogP contribution < -0.4 is 0 Å². The number of rotatable bonds is 2. The number of carbonyl (C=O) groups is 1. The molecule has 0 amide bonds. The molecule has 120 valence electrons. The van der Waals surface area contributed by atoms with E-state index in [0.29, 0.717) is 11.3 Å². The Bertz CT molecular complexity index is 880. The molecule has 0 radical (unpaired) electrons. The molecule has 0 spiro atoms. The number of hydrogen-bond donors (Lipinski definition) is 0. The van der Waals surface area contributed by atoms with Gasteiger partial charge in [-0.15, -0.1) is 11.3 Å². The third-order valence-corrected chi connectivity index (χ3v) is 7.33. The Morgan fingerprint density at radius 1 is 1.17 bits per heavy atom. The Morgan fingerprint density at radius 3 is 2.74 bits per heavy atom. The number of aryl methyl sites for hydroxylation is 2. The van der Waals surface area contributed by atoms with Gasteiger partial charge in [0.2, 0.25) is 0 Å². The predicted octanol–water partition coefficient (Wildman–Crippen LogP) is 2.86. The molecule has 1 aromatic heterocycles. The van der Waals surface area contributed by atoms with Crippen LogP contribution in [0.25, 0.3) is 10.4 Å². The molecule has 1 aliphatic carbocycles. The van der Waals surface area contributed by atoms with Crippen LogP contribution in [0.15, 0.2) is 30.3 Å². The quantitative estimate of drug-likeness (QED) is 0.783. The maximum atomic E-state index is 12.3. The van der Waals surface area contributed by atoms with Crippen molar-refractivity contribution in [2.24, 2.45) is 0 Å². The summed E-state index contributed by atoms with van der Waals surface area (Å²) in [5.74, 6) is -0.338. The van der Waals surface area contributed by atoms with Crippen molar-refractivity contribution < 1.29 is 17.9 Å². The highest BCUT2D eigenvalue weighted by molar-refractivity contribution is 7.91. The van der Waals surface area contributed by atoms with E-state index in [1.165, 1.54) is 28.0 Å². The fourth-order valence-electron chi connectivity index (χ4n) is 3.24. The molecule has 4 nitrogen and oxygen atoms in total. The van der Waals surface area contributed by atoms with Crippen molar-refractivity contribution in [3.8, 4) is 10.4 Å². The zero-order valence-corrected chi connectivity index (χ0v) is 14.1. The molecule has 2 heterocycles. The van der Waals surface area contributed by atoms with Crippen molar-refractivity contribution >= 4 is 27.1 Å². The number of thiophene rings is 1. The third kappa shape index (κ3) is 2.81. The van der Waals surface area contributed by atoms with Gasteiger partial charge in [-0.25, -0.2) is 13.2 Å². The molecular formula is C17H16O4S2. The number of fused-ring (bicyclic) bond motifs is 3. The Hall–Kier alpha value is -1.66. The zero-order valence-electron chi connectivity index (χ0n) is 12.4. The molecule has 0 bridgehead atoms. The summed E-state index contributed by atoms with van der Waals surface area (Å²) < 4.78 is 28.3. The number of hydrogen-bond acceptors (Lipinski definition) is 5. The van der Waals surface area contributed by atoms with E-state index in [-0.39, 0.29) is 11.5 Å². The molecule has 0 saturated carbocycles. The van der Waals surface area contributed by atoms with Crippen LogP contribution in [-0.4, -0.2) is 32.0 Å². The summed E-state index contributed by atoms with van der Waals surface area (Å²) in [5, 5.41) is 0. The second kappa shape index (κ2) is 5.46. The lowest BCUT2D eigenvalue weighted by molar-refractivity contribution is 0.0362. The fraction of sp³-hybridized carbons (Fsp3) is 0.353. The van der Waals surface area contributed by atoms with Gasteiger partial charge in [0.15, 0.2) is 9.84 Å². The normalized spacial score (nSPS) is 21.5. The van der Waals surface area contributed by atoms with Gasteiger partial charge in [-0.3, -0.25) is 0 Å². The number of ether oxygens (including phenoxy) is 1. The van der Waals surface area contributed by atoms with Crippen LogP contribution in [0, 0.1) is 0 Å². The lowest BCUT2D eigenvalue weighted by Gasteiger charge is -2.15. The Kier molecular flexibility index (Phi) is 3.54. The van der Waals surface area contributed by atoms with Crippen LogP contribution in [0.1, 0.15) is 27.2 Å². The Labute approximate surface area is 139 Å². The molecule has 1 fully saturated rings. The molecule has 6 heteroatoms. The van der Waals surface area contributed by atoms with Gasteiger partial charge in [-0.05, 0) is 42.0 Å². The molecule has 1 aromatic carbocycles. The first kappa shape index (κ1) is 14.9. The average molecular weight is 348 g/mol. The summed E-state index contributed by atoms with van der Waals surface area (Å²) in [7, 11) is -3.04. The van der Waals surface area contributed by atoms with Crippen molar-refractivity contribution in [2.45, 2.75) is 25.4 Å². The van der Waals surface area contributed by atoms with Crippen molar-refractivity contribution in [3.05, 3.63) is 46.3 Å². The largest absolute Gasteiger partial charge is 0.457 e. The smallest absolute Gasteiger partial charge is 0.348 e. The SMILES string of the molecule is O=C(O[C@@H]1CCS(=O)(=O)C1)c1cc2c(s1)-c1ccccc1CC2. The summed E-state index contributed by atoms with van der Waals surface area (Å²) in [4.78, 5) is 14.0. The highest BCUT2D eigenvalue weighted by Crippen LogP contribution is 2.39. The number of sulfone groups is 1. The first-order chi connectivity index (χ1) is 11.0. The van der Waals surface area contributed by atoms with Gasteiger partial charge < -0.3 is 4.74 Å². The third-order valence-electron chi connectivity index (χ3n) is 4.40. The van der Waals surface area contributed by atoms with Crippen molar-refractivity contribution in [1.82, 2.24) is 0 Å². The molecule has 1 saturated heterocycles. The Morgan fingerprint density at radius 2 is 1.96 bits per heavy atom. The zero-order chi connectivity index (χ0) is 16.0. The van der Waals surface area contributed by atoms with Gasteiger partial charge in [0, 0.05) is 4.88 Å². The van der Waals surface area contributed by atoms with Crippen molar-refractivity contribution in [1.29, 1.82) is 0 Å². The second-order valence-electron chi connectivity index (χ2n) is 6.05. The first-order valence-corrected chi connectivity index (χ1v) is 10.3. The molecule has 1 atom stereocenters. The van der Waals surface area contributed by atoms with E-state index < -0.39 is 21.9 Å². The van der Waals surface area contributed by atoms with Crippen molar-refractivity contribution in [2.75, 3.05) is 11.5 Å². The van der Waals surface area contributed by atoms with Gasteiger partial charge in [-0.2, -0.15) is 0 Å². The second-order valence-corrected chi connectivity index (χ2v) is 9.33. The van der Waals surface area contributed by atoms with E-state index in [1.54, 1.807) is 0 Å². The summed E-state index contributed by atoms with van der Waals surface area (Å²) in [6, 6.07) is 10.2. The van der Waals surface area contributed by atoms with Crippen LogP contribution >= 0.6 is 11.3 Å². The summed E-state index contributed by atoms with van der Waals surface area (Å²) in [5.41, 5.74) is 3.68. The minimum atomic E-state index is -3.04. The fourth-order valence-corrected chi connectivity index (χ4v) is 5.98. The molecule has 0 N–H and O–H groups in total. The van der Waals surface area contributed by atoms with Gasteiger partial charge in [-0.1, -0.05) is 24.3 Å². The van der Waals surface area contributed by atoms with Gasteiger partial charge in [0.25, 0.3) is 0 Å². The minimum Gasteiger partial charge on any atom is -0.457 e. The van der Waals surface area contributed by atoms with Crippen LogP contribution in [0.5, 0.6) is 0 Å². The lowest BCUT2D eigenvalue weighted by atomic mass is 9.91. The molecule has 2 aliphatic rings. The van der Waals surface area contributed by atoms with E-state index in [1.807, 2.05) is 18.2 Å². The lowest BCUT2D eigenvalue weighted by Crippen LogP contribution is -2.18. The summed E-state index contributed by atoms with van der Waals surface area (Å²) >= 11 is 1.45. The molecule has 4 rings (SSSR count). The molecule has 2 aromatic rings. The van der Waals surface area contributed by atoms with Gasteiger partial charge >= 0.3 is 5.97 Å². The maximum absolute atomic E-state index is 12.3. The number of carbonyl (C=O) groups excluding carboxylic acids is 1. The van der Waals surface area contributed by atoms with E-state index in [2.05, 4.69) is 12.1 Å². The van der Waals surface area contributed by atoms with Crippen LogP contribution in [0.2, 0.25) is 0 Å².